The van der Waals surface area contributed by atoms with Crippen LogP contribution in [0.25, 0.3) is 5.65 Å². The molecule has 0 unspecified atom stereocenters. The Morgan fingerprint density at radius 3 is 2.52 bits per heavy atom. The monoisotopic (exact) mass is 346 g/mol. The topological polar surface area (TPSA) is 23.8 Å². The molecule has 1 aliphatic heterocycles. The Morgan fingerprint density at radius 2 is 1.78 bits per heavy atom. The zero-order valence-electron chi connectivity index (χ0n) is 12.9. The summed E-state index contributed by atoms with van der Waals surface area (Å²) in [6, 6.07) is 8.20. The third-order valence-corrected chi connectivity index (χ3v) is 5.36. The van der Waals surface area contributed by atoms with E-state index in [-0.39, 0.29) is 0 Å². The van der Waals surface area contributed by atoms with E-state index in [0.29, 0.717) is 0 Å². The highest BCUT2D eigenvalue weighted by molar-refractivity contribution is 7.09. The van der Waals surface area contributed by atoms with E-state index in [1.165, 1.54) is 4.88 Å². The molecular formula is C17H19ClN4S. The van der Waals surface area contributed by atoms with Gasteiger partial charge in [0, 0.05) is 56.5 Å². The van der Waals surface area contributed by atoms with Crippen LogP contribution in [0, 0.1) is 0 Å². The zero-order chi connectivity index (χ0) is 15.6. The van der Waals surface area contributed by atoms with Crippen molar-refractivity contribution in [1.29, 1.82) is 0 Å². The number of fused-ring (bicyclic) bond motifs is 1. The van der Waals surface area contributed by atoms with Gasteiger partial charge in [-0.1, -0.05) is 17.7 Å². The van der Waals surface area contributed by atoms with Gasteiger partial charge in [0.2, 0.25) is 0 Å². The molecule has 0 aromatic carbocycles. The minimum absolute atomic E-state index is 0.739. The molecule has 3 aromatic rings. The second-order valence-electron chi connectivity index (χ2n) is 5.98. The van der Waals surface area contributed by atoms with Gasteiger partial charge in [-0.15, -0.1) is 11.3 Å². The molecule has 0 atom stereocenters. The van der Waals surface area contributed by atoms with Gasteiger partial charge in [-0.3, -0.25) is 9.80 Å². The number of nitrogens with zero attached hydrogens (tertiary/aromatic N) is 4. The summed E-state index contributed by atoms with van der Waals surface area (Å²) in [5.41, 5.74) is 2.07. The molecule has 4 heterocycles. The second kappa shape index (κ2) is 6.61. The number of thiophene rings is 1. The molecule has 3 aromatic heterocycles. The highest BCUT2D eigenvalue weighted by Crippen LogP contribution is 2.16. The molecule has 0 saturated carbocycles. The lowest BCUT2D eigenvalue weighted by Gasteiger charge is -2.34. The summed E-state index contributed by atoms with van der Waals surface area (Å²) in [6.07, 6.45) is 3.99. The predicted octanol–water partition coefficient (Wildman–Crippen LogP) is 3.37. The van der Waals surface area contributed by atoms with Crippen molar-refractivity contribution in [2.24, 2.45) is 0 Å². The fourth-order valence-electron chi connectivity index (χ4n) is 3.05. The van der Waals surface area contributed by atoms with Gasteiger partial charge in [0.1, 0.15) is 5.65 Å². The molecule has 0 bridgehead atoms. The molecule has 0 N–H and O–H groups in total. The molecule has 6 heteroatoms. The molecule has 0 amide bonds. The van der Waals surface area contributed by atoms with E-state index in [9.17, 15) is 0 Å². The Bertz CT molecular complexity index is 775. The highest BCUT2D eigenvalue weighted by atomic mass is 35.5. The lowest BCUT2D eigenvalue weighted by Crippen LogP contribution is -2.45. The van der Waals surface area contributed by atoms with Crippen LogP contribution in [0.15, 0.2) is 42.0 Å². The first-order chi connectivity index (χ1) is 11.3. The summed E-state index contributed by atoms with van der Waals surface area (Å²) in [5.74, 6) is 0. The van der Waals surface area contributed by atoms with Crippen molar-refractivity contribution in [1.82, 2.24) is 19.2 Å². The molecule has 4 rings (SSSR count). The fraction of sp³-hybridized carbons (Fsp3) is 0.353. The van der Waals surface area contributed by atoms with Crippen LogP contribution < -0.4 is 0 Å². The van der Waals surface area contributed by atoms with Crippen molar-refractivity contribution in [2.75, 3.05) is 26.2 Å². The molecule has 1 aliphatic rings. The second-order valence-corrected chi connectivity index (χ2v) is 7.45. The van der Waals surface area contributed by atoms with Crippen molar-refractivity contribution in [3.63, 3.8) is 0 Å². The number of piperazine rings is 1. The van der Waals surface area contributed by atoms with Crippen molar-refractivity contribution < 1.29 is 0 Å². The number of halogens is 1. The van der Waals surface area contributed by atoms with Crippen LogP contribution in [0.3, 0.4) is 0 Å². The largest absolute Gasteiger partial charge is 0.305 e. The maximum Gasteiger partial charge on any atom is 0.137 e. The van der Waals surface area contributed by atoms with Gasteiger partial charge in [-0.05, 0) is 23.6 Å². The Kier molecular flexibility index (Phi) is 4.35. The third-order valence-electron chi connectivity index (χ3n) is 4.27. The average Bonchev–Trinajstić information content (AvgIpc) is 3.18. The average molecular weight is 347 g/mol. The van der Waals surface area contributed by atoms with Crippen LogP contribution in [0.1, 0.15) is 10.6 Å². The van der Waals surface area contributed by atoms with E-state index in [0.717, 1.165) is 55.6 Å². The Morgan fingerprint density at radius 1 is 1.00 bits per heavy atom. The molecule has 4 nitrogen and oxygen atoms in total. The van der Waals surface area contributed by atoms with Crippen molar-refractivity contribution >= 4 is 28.6 Å². The minimum Gasteiger partial charge on any atom is -0.305 e. The number of hydrogen-bond acceptors (Lipinski definition) is 4. The molecule has 0 radical (unpaired) electrons. The van der Waals surface area contributed by atoms with Gasteiger partial charge in [0.25, 0.3) is 0 Å². The van der Waals surface area contributed by atoms with Gasteiger partial charge >= 0.3 is 0 Å². The van der Waals surface area contributed by atoms with Gasteiger partial charge in [-0.25, -0.2) is 4.98 Å². The van der Waals surface area contributed by atoms with Crippen LogP contribution in [-0.4, -0.2) is 45.4 Å². The van der Waals surface area contributed by atoms with Gasteiger partial charge in [0.15, 0.2) is 0 Å². The smallest absolute Gasteiger partial charge is 0.137 e. The molecule has 0 aliphatic carbocycles. The van der Waals surface area contributed by atoms with E-state index in [4.69, 9.17) is 11.6 Å². The van der Waals surface area contributed by atoms with E-state index in [2.05, 4.69) is 38.5 Å². The Balaban J connectivity index is 1.35. The lowest BCUT2D eigenvalue weighted by atomic mass is 10.3. The van der Waals surface area contributed by atoms with Crippen LogP contribution >= 0.6 is 22.9 Å². The zero-order valence-corrected chi connectivity index (χ0v) is 14.4. The molecule has 120 valence electrons. The first-order valence-corrected chi connectivity index (χ1v) is 9.12. The van der Waals surface area contributed by atoms with E-state index < -0.39 is 0 Å². The Labute approximate surface area is 144 Å². The normalized spacial score (nSPS) is 17.1. The lowest BCUT2D eigenvalue weighted by molar-refractivity contribution is 0.122. The van der Waals surface area contributed by atoms with Crippen LogP contribution in [0.2, 0.25) is 5.02 Å². The van der Waals surface area contributed by atoms with Gasteiger partial charge < -0.3 is 4.40 Å². The number of pyridine rings is 1. The molecular weight excluding hydrogens is 328 g/mol. The maximum atomic E-state index is 6.03. The highest BCUT2D eigenvalue weighted by Gasteiger charge is 2.18. The maximum absolute atomic E-state index is 6.03. The summed E-state index contributed by atoms with van der Waals surface area (Å²) in [6.45, 7) is 6.43. The number of aromatic nitrogens is 2. The fourth-order valence-corrected chi connectivity index (χ4v) is 3.97. The minimum atomic E-state index is 0.739. The molecule has 1 fully saturated rings. The summed E-state index contributed by atoms with van der Waals surface area (Å²) < 4.78 is 2.00. The van der Waals surface area contributed by atoms with Gasteiger partial charge in [0.05, 0.1) is 10.7 Å². The number of imidazole rings is 1. The standard InChI is InChI=1S/C17H19ClN4S/c18-14-3-4-17-19-15(12-22(17)10-14)11-20-5-7-21(8-6-20)13-16-2-1-9-23-16/h1-4,9-10,12H,5-8,11,13H2. The van der Waals surface area contributed by atoms with Crippen LogP contribution in [-0.2, 0) is 13.1 Å². The number of rotatable bonds is 4. The van der Waals surface area contributed by atoms with Crippen LogP contribution in [0.4, 0.5) is 0 Å². The van der Waals surface area contributed by atoms with E-state index >= 15 is 0 Å². The van der Waals surface area contributed by atoms with E-state index in [1.54, 1.807) is 0 Å². The number of hydrogen-bond donors (Lipinski definition) is 0. The van der Waals surface area contributed by atoms with Gasteiger partial charge in [-0.2, -0.15) is 0 Å². The predicted molar refractivity (Wildman–Crippen MR) is 95.1 cm³/mol. The first-order valence-electron chi connectivity index (χ1n) is 7.86. The van der Waals surface area contributed by atoms with Crippen molar-refractivity contribution in [2.45, 2.75) is 13.1 Å². The summed E-state index contributed by atoms with van der Waals surface area (Å²) in [4.78, 5) is 11.1. The summed E-state index contributed by atoms with van der Waals surface area (Å²) in [5, 5.41) is 2.89. The first kappa shape index (κ1) is 15.1. The summed E-state index contributed by atoms with van der Waals surface area (Å²) in [7, 11) is 0. The summed E-state index contributed by atoms with van der Waals surface area (Å²) >= 11 is 7.88. The SMILES string of the molecule is Clc1ccc2nc(CN3CCN(Cc4cccs4)CC3)cn2c1. The van der Waals surface area contributed by atoms with Crippen molar-refractivity contribution in [3.8, 4) is 0 Å². The third kappa shape index (κ3) is 3.58. The molecule has 1 saturated heterocycles. The Hall–Kier alpha value is -1.40. The van der Waals surface area contributed by atoms with E-state index in [1.807, 2.05) is 34.1 Å². The quantitative estimate of drug-likeness (QED) is 0.723. The van der Waals surface area contributed by atoms with Crippen molar-refractivity contribution in [3.05, 3.63) is 57.6 Å². The molecule has 0 spiro atoms. The molecule has 23 heavy (non-hydrogen) atoms. The van der Waals surface area contributed by atoms with Crippen LogP contribution in [0.5, 0.6) is 0 Å².